The molecule has 0 spiro atoms. The fourth-order valence-electron chi connectivity index (χ4n) is 2.45. The third-order valence-electron chi connectivity index (χ3n) is 3.97. The summed E-state index contributed by atoms with van der Waals surface area (Å²) in [5, 5.41) is 8.68. The summed E-state index contributed by atoms with van der Waals surface area (Å²) in [4.78, 5) is 24.4. The van der Waals surface area contributed by atoms with E-state index in [1.807, 2.05) is 6.92 Å². The van der Waals surface area contributed by atoms with Gasteiger partial charge in [0.2, 0.25) is 0 Å². The molecule has 6 heteroatoms. The van der Waals surface area contributed by atoms with Gasteiger partial charge in [-0.3, -0.25) is 9.59 Å². The molecule has 2 rings (SSSR count). The zero-order chi connectivity index (χ0) is 18.9. The monoisotopic (exact) mass is 359 g/mol. The largest absolute Gasteiger partial charge is 0.484 e. The van der Waals surface area contributed by atoms with Crippen molar-refractivity contribution >= 4 is 11.9 Å². The first kappa shape index (κ1) is 19.4. The molecule has 0 aromatic heterocycles. The fraction of sp³-hybridized carbons (Fsp3) is 0.300. The first-order chi connectivity index (χ1) is 12.5. The highest BCUT2D eigenvalue weighted by Gasteiger charge is 2.14. The van der Waals surface area contributed by atoms with Crippen LogP contribution in [0.15, 0.2) is 48.5 Å². The van der Waals surface area contributed by atoms with Crippen LogP contribution in [0.4, 0.5) is 4.39 Å². The molecule has 138 valence electrons. The summed E-state index contributed by atoms with van der Waals surface area (Å²) in [7, 11) is 0. The van der Waals surface area contributed by atoms with Gasteiger partial charge in [-0.25, -0.2) is 4.39 Å². The number of likely N-dealkylation sites (N-methyl/N-ethyl adjacent to an activating group) is 1. The number of aliphatic carboxylic acids is 1. The topological polar surface area (TPSA) is 66.8 Å². The van der Waals surface area contributed by atoms with Crippen molar-refractivity contribution in [3.63, 3.8) is 0 Å². The lowest BCUT2D eigenvalue weighted by Crippen LogP contribution is -2.34. The number of carboxylic acid groups (broad SMARTS) is 1. The zero-order valence-electron chi connectivity index (χ0n) is 14.7. The lowest BCUT2D eigenvalue weighted by atomic mass is 10.1. The normalized spacial score (nSPS) is 10.4. The van der Waals surface area contributed by atoms with E-state index in [0.717, 1.165) is 5.56 Å². The molecule has 1 amide bonds. The van der Waals surface area contributed by atoms with Crippen molar-refractivity contribution in [2.45, 2.75) is 26.3 Å². The smallest absolute Gasteiger partial charge is 0.303 e. The van der Waals surface area contributed by atoms with Crippen molar-refractivity contribution in [2.24, 2.45) is 0 Å². The standard InChI is InChI=1S/C20H22FNO4/c1-2-22(13-16-5-3-4-6-18(16)21)19(23)14-26-17-10-7-15(8-11-17)9-12-20(24)25/h3-8,10-11H,2,9,12-14H2,1H3,(H,24,25). The third-order valence-corrected chi connectivity index (χ3v) is 3.97. The van der Waals surface area contributed by atoms with Crippen LogP contribution >= 0.6 is 0 Å². The van der Waals surface area contributed by atoms with E-state index < -0.39 is 5.97 Å². The molecule has 0 saturated carbocycles. The molecule has 0 fully saturated rings. The minimum absolute atomic E-state index is 0.0696. The molecule has 0 radical (unpaired) electrons. The molecule has 26 heavy (non-hydrogen) atoms. The van der Waals surface area contributed by atoms with Crippen LogP contribution in [0.1, 0.15) is 24.5 Å². The summed E-state index contributed by atoms with van der Waals surface area (Å²) < 4.78 is 19.2. The average Bonchev–Trinajstić information content (AvgIpc) is 2.64. The van der Waals surface area contributed by atoms with Gasteiger partial charge in [0.05, 0.1) is 0 Å². The van der Waals surface area contributed by atoms with Crippen molar-refractivity contribution in [2.75, 3.05) is 13.2 Å². The molecule has 5 nitrogen and oxygen atoms in total. The highest BCUT2D eigenvalue weighted by atomic mass is 19.1. The van der Waals surface area contributed by atoms with Crippen molar-refractivity contribution < 1.29 is 23.8 Å². The Morgan fingerprint density at radius 3 is 2.42 bits per heavy atom. The fourth-order valence-corrected chi connectivity index (χ4v) is 2.45. The number of halogens is 1. The van der Waals surface area contributed by atoms with Gasteiger partial charge in [-0.05, 0) is 37.1 Å². The number of hydrogen-bond donors (Lipinski definition) is 1. The molecule has 0 aliphatic rings. The van der Waals surface area contributed by atoms with Crippen LogP contribution in [0.25, 0.3) is 0 Å². The molecule has 0 aliphatic heterocycles. The summed E-state index contributed by atoms with van der Waals surface area (Å²) in [6, 6.07) is 13.3. The maximum absolute atomic E-state index is 13.7. The van der Waals surface area contributed by atoms with Crippen LogP contribution in [0.3, 0.4) is 0 Å². The average molecular weight is 359 g/mol. The second-order valence-corrected chi connectivity index (χ2v) is 5.83. The number of amides is 1. The van der Waals surface area contributed by atoms with Gasteiger partial charge >= 0.3 is 5.97 Å². The molecule has 0 heterocycles. The number of ether oxygens (including phenoxy) is 1. The van der Waals surface area contributed by atoms with Gasteiger partial charge in [0.25, 0.3) is 5.91 Å². The number of nitrogens with zero attached hydrogens (tertiary/aromatic N) is 1. The zero-order valence-corrected chi connectivity index (χ0v) is 14.7. The van der Waals surface area contributed by atoms with Crippen molar-refractivity contribution in [1.29, 1.82) is 0 Å². The Morgan fingerprint density at radius 1 is 1.12 bits per heavy atom. The third kappa shape index (κ3) is 5.88. The van der Waals surface area contributed by atoms with E-state index in [-0.39, 0.29) is 31.3 Å². The SMILES string of the molecule is CCN(Cc1ccccc1F)C(=O)COc1ccc(CCC(=O)O)cc1. The molecule has 0 atom stereocenters. The number of carbonyl (C=O) groups excluding carboxylic acids is 1. The van der Waals surface area contributed by atoms with E-state index in [2.05, 4.69) is 0 Å². The van der Waals surface area contributed by atoms with Gasteiger partial charge in [0.1, 0.15) is 11.6 Å². The van der Waals surface area contributed by atoms with Gasteiger partial charge in [0.15, 0.2) is 6.61 Å². The molecule has 1 N–H and O–H groups in total. The van der Waals surface area contributed by atoms with Crippen LogP contribution < -0.4 is 4.74 Å². The lowest BCUT2D eigenvalue weighted by molar-refractivity contribution is -0.137. The van der Waals surface area contributed by atoms with E-state index in [0.29, 0.717) is 24.3 Å². The van der Waals surface area contributed by atoms with Gasteiger partial charge in [-0.2, -0.15) is 0 Å². The first-order valence-electron chi connectivity index (χ1n) is 8.44. The Morgan fingerprint density at radius 2 is 1.81 bits per heavy atom. The minimum Gasteiger partial charge on any atom is -0.484 e. The molecule has 0 unspecified atom stereocenters. The summed E-state index contributed by atoms with van der Waals surface area (Å²) in [5.41, 5.74) is 1.35. The summed E-state index contributed by atoms with van der Waals surface area (Å²) in [6.07, 6.45) is 0.515. The molecular weight excluding hydrogens is 337 g/mol. The van der Waals surface area contributed by atoms with Gasteiger partial charge < -0.3 is 14.7 Å². The van der Waals surface area contributed by atoms with Gasteiger partial charge in [-0.1, -0.05) is 30.3 Å². The number of benzene rings is 2. The molecule has 2 aromatic carbocycles. The summed E-state index contributed by atoms with van der Waals surface area (Å²) in [5.74, 6) is -0.882. The summed E-state index contributed by atoms with van der Waals surface area (Å²) >= 11 is 0. The Labute approximate surface area is 152 Å². The maximum Gasteiger partial charge on any atom is 0.303 e. The van der Waals surface area contributed by atoms with E-state index in [4.69, 9.17) is 9.84 Å². The minimum atomic E-state index is -0.842. The Hall–Kier alpha value is -2.89. The quantitative estimate of drug-likeness (QED) is 0.746. The Balaban J connectivity index is 1.88. The van der Waals surface area contributed by atoms with Crippen molar-refractivity contribution in [3.05, 3.63) is 65.5 Å². The molecule has 0 bridgehead atoms. The second-order valence-electron chi connectivity index (χ2n) is 5.83. The van der Waals surface area contributed by atoms with E-state index in [1.54, 1.807) is 42.5 Å². The number of carboxylic acids is 1. The van der Waals surface area contributed by atoms with Crippen LogP contribution in [-0.4, -0.2) is 35.0 Å². The van der Waals surface area contributed by atoms with Crippen molar-refractivity contribution in [3.8, 4) is 5.75 Å². The first-order valence-corrected chi connectivity index (χ1v) is 8.44. The highest BCUT2D eigenvalue weighted by molar-refractivity contribution is 5.77. The molecule has 0 saturated heterocycles. The van der Waals surface area contributed by atoms with Crippen LogP contribution in [0.5, 0.6) is 5.75 Å². The Kier molecular flexibility index (Phi) is 7.14. The Bertz CT molecular complexity index is 746. The van der Waals surface area contributed by atoms with E-state index in [9.17, 15) is 14.0 Å². The molecule has 2 aromatic rings. The van der Waals surface area contributed by atoms with Gasteiger partial charge in [-0.15, -0.1) is 0 Å². The lowest BCUT2D eigenvalue weighted by Gasteiger charge is -2.21. The van der Waals surface area contributed by atoms with Crippen LogP contribution in [0, 0.1) is 5.82 Å². The molecular formula is C20H22FNO4. The highest BCUT2D eigenvalue weighted by Crippen LogP contribution is 2.14. The van der Waals surface area contributed by atoms with Crippen molar-refractivity contribution in [1.82, 2.24) is 4.90 Å². The number of rotatable bonds is 9. The maximum atomic E-state index is 13.7. The van der Waals surface area contributed by atoms with Gasteiger partial charge in [0, 0.05) is 25.1 Å². The number of aryl methyl sites for hydroxylation is 1. The molecule has 0 aliphatic carbocycles. The second kappa shape index (κ2) is 9.56. The predicted molar refractivity (Wildman–Crippen MR) is 95.4 cm³/mol. The van der Waals surface area contributed by atoms with Crippen LogP contribution in [-0.2, 0) is 22.6 Å². The predicted octanol–water partition coefficient (Wildman–Crippen LogP) is 3.27. The summed E-state index contributed by atoms with van der Waals surface area (Å²) in [6.45, 7) is 2.33. The van der Waals surface area contributed by atoms with E-state index >= 15 is 0 Å². The number of hydrogen-bond acceptors (Lipinski definition) is 3. The van der Waals surface area contributed by atoms with Crippen LogP contribution in [0.2, 0.25) is 0 Å². The number of carbonyl (C=O) groups is 2. The van der Waals surface area contributed by atoms with E-state index in [1.165, 1.54) is 11.0 Å².